The van der Waals surface area contributed by atoms with Crippen LogP contribution in [0.5, 0.6) is 0 Å². The molecule has 8 heteroatoms. The molecule has 0 aliphatic rings. The Morgan fingerprint density at radius 2 is 0.727 bits per heavy atom. The van der Waals surface area contributed by atoms with Crippen molar-refractivity contribution in [1.82, 2.24) is 0 Å². The molecule has 0 saturated heterocycles. The van der Waals surface area contributed by atoms with Gasteiger partial charge in [0.05, 0.1) is 0 Å². The summed E-state index contributed by atoms with van der Waals surface area (Å²) in [5.74, 6) is 0. The number of alkyl halides is 2. The number of hydrogen-bond acceptors (Lipinski definition) is 2. The topological polar surface area (TPSA) is 40.5 Å². The van der Waals surface area contributed by atoms with Crippen LogP contribution < -0.4 is 5.46 Å². The fourth-order valence-electron chi connectivity index (χ4n) is 5.54. The summed E-state index contributed by atoms with van der Waals surface area (Å²) < 4.78 is 1.12. The summed E-state index contributed by atoms with van der Waals surface area (Å²) in [6.45, 7) is 0. The van der Waals surface area contributed by atoms with Crippen LogP contribution in [0.15, 0.2) is 186 Å². The predicted molar refractivity (Wildman–Crippen MR) is 265 cm³/mol. The Morgan fingerprint density at radius 3 is 1.13 bits per heavy atom. The van der Waals surface area contributed by atoms with Crippen LogP contribution in [-0.4, -0.2) is 27.0 Å². The lowest BCUT2D eigenvalue weighted by molar-refractivity contribution is 0.426. The van der Waals surface area contributed by atoms with Gasteiger partial charge in [-0.3, -0.25) is 0 Å². The van der Waals surface area contributed by atoms with Gasteiger partial charge in [-0.2, -0.15) is 0 Å². The minimum absolute atomic E-state index is 0. The number of halogens is 5. The molecule has 0 atom stereocenters. The quantitative estimate of drug-likeness (QED) is 0.105. The van der Waals surface area contributed by atoms with Crippen molar-refractivity contribution in [2.45, 2.75) is 7.43 Å². The van der Waals surface area contributed by atoms with Crippen LogP contribution in [0.25, 0.3) is 54.9 Å². The Labute approximate surface area is 372 Å². The predicted octanol–water partition coefficient (Wildman–Crippen LogP) is 14.9. The molecular formula is C47H42BBrCl2I2O2. The minimum atomic E-state index is -1.41. The highest BCUT2D eigenvalue weighted by Gasteiger charge is 2.09. The molecule has 0 heterocycles. The van der Waals surface area contributed by atoms with E-state index in [-0.39, 0.29) is 7.43 Å². The van der Waals surface area contributed by atoms with Crippen LogP contribution in [0.1, 0.15) is 7.43 Å². The lowest BCUT2D eigenvalue weighted by atomic mass is 9.81. The van der Waals surface area contributed by atoms with Gasteiger partial charge in [0.2, 0.25) is 0 Å². The Balaban J connectivity index is 0.000000224. The SMILES string of the molecule is Brc1ccc2ccc(-c3ccccc3)cc2c1.C.CI.CI.Clc1ccc(-c2ccc3ccc(-c4ccccc4)cc3c2)cc1.OB(O)c1ccc(Cl)cc1. The summed E-state index contributed by atoms with van der Waals surface area (Å²) >= 11 is 19.3. The molecule has 0 unspecified atom stereocenters. The highest BCUT2D eigenvalue weighted by molar-refractivity contribution is 14.1. The third kappa shape index (κ3) is 14.0. The fraction of sp³-hybridized carbons (Fsp3) is 0.0638. The largest absolute Gasteiger partial charge is 0.488 e. The second kappa shape index (κ2) is 24.4. The van der Waals surface area contributed by atoms with Crippen molar-refractivity contribution in [1.29, 1.82) is 0 Å². The van der Waals surface area contributed by atoms with Crippen LogP contribution in [0.2, 0.25) is 10.0 Å². The van der Waals surface area contributed by atoms with Crippen LogP contribution in [-0.2, 0) is 0 Å². The molecule has 280 valence electrons. The molecular weight excluding hydrogens is 1010 g/mol. The molecule has 8 aromatic carbocycles. The van der Waals surface area contributed by atoms with Crippen molar-refractivity contribution >= 4 is 118 Å². The van der Waals surface area contributed by atoms with Crippen LogP contribution in [0.4, 0.5) is 0 Å². The molecule has 0 aromatic heterocycles. The van der Waals surface area contributed by atoms with E-state index in [9.17, 15) is 0 Å². The van der Waals surface area contributed by atoms with E-state index in [4.69, 9.17) is 33.2 Å². The number of benzene rings is 8. The molecule has 0 aliphatic carbocycles. The Hall–Kier alpha value is -3.22. The standard InChI is InChI=1S/C22H15Cl.C16H11Br.C6H6BClO2.2CH3I.CH4/c23-22-12-10-17(11-13-22)20-9-7-18-6-8-19(14-21(18)15-20)16-4-2-1-3-5-16;17-16-9-8-13-6-7-14(10-15(13)11-16)12-4-2-1-3-5-12;8-6-3-1-5(2-4-6)7(9)10;2*1-2;/h1-15H;1-11H;1-4,9-10H;2*1H3;1H4. The highest BCUT2D eigenvalue weighted by atomic mass is 127. The van der Waals surface area contributed by atoms with E-state index in [1.54, 1.807) is 24.3 Å². The van der Waals surface area contributed by atoms with Gasteiger partial charge in [-0.1, -0.05) is 219 Å². The molecule has 0 spiro atoms. The van der Waals surface area contributed by atoms with Gasteiger partial charge in [-0.05, 0) is 125 Å². The van der Waals surface area contributed by atoms with Crippen LogP contribution in [0, 0.1) is 0 Å². The maximum absolute atomic E-state index is 8.63. The summed E-state index contributed by atoms with van der Waals surface area (Å²) in [7, 11) is -1.41. The number of fused-ring (bicyclic) bond motifs is 2. The van der Waals surface area contributed by atoms with Gasteiger partial charge >= 0.3 is 7.12 Å². The van der Waals surface area contributed by atoms with E-state index in [0.29, 0.717) is 10.5 Å². The number of rotatable bonds is 4. The summed E-state index contributed by atoms with van der Waals surface area (Å²) in [6.07, 6.45) is 0. The molecule has 8 rings (SSSR count). The zero-order chi connectivity index (χ0) is 38.9. The summed E-state index contributed by atoms with van der Waals surface area (Å²) in [4.78, 5) is 3.94. The first kappa shape index (κ1) is 46.2. The Kier molecular flexibility index (Phi) is 20.5. The molecule has 8 aromatic rings. The molecule has 2 N–H and O–H groups in total. The summed E-state index contributed by atoms with van der Waals surface area (Å²) in [5.41, 5.74) is 7.84. The van der Waals surface area contributed by atoms with E-state index in [1.165, 1.54) is 54.9 Å². The molecule has 2 nitrogen and oxygen atoms in total. The van der Waals surface area contributed by atoms with Crippen LogP contribution >= 0.6 is 84.3 Å². The normalized spacial score (nSPS) is 9.76. The average molecular weight is 1050 g/mol. The van der Waals surface area contributed by atoms with Gasteiger partial charge in [0, 0.05) is 14.5 Å². The third-order valence-corrected chi connectivity index (χ3v) is 9.20. The zero-order valence-corrected chi connectivity index (χ0v) is 37.1. The number of hydrogen-bond donors (Lipinski definition) is 2. The average Bonchev–Trinajstić information content (AvgIpc) is 3.23. The monoisotopic (exact) mass is 1050 g/mol. The first-order valence-electron chi connectivity index (χ1n) is 16.8. The van der Waals surface area contributed by atoms with E-state index in [1.807, 2.05) is 34.1 Å². The van der Waals surface area contributed by atoms with E-state index >= 15 is 0 Å². The van der Waals surface area contributed by atoms with E-state index in [0.717, 1.165) is 9.50 Å². The Bertz CT molecular complexity index is 2330. The second-order valence-corrected chi connectivity index (χ2v) is 13.4. The first-order valence-corrected chi connectivity index (χ1v) is 22.7. The highest BCUT2D eigenvalue weighted by Crippen LogP contribution is 2.30. The van der Waals surface area contributed by atoms with Crippen LogP contribution in [0.3, 0.4) is 0 Å². The summed E-state index contributed by atoms with van der Waals surface area (Å²) in [6, 6.07) is 61.4. The molecule has 0 saturated carbocycles. The Morgan fingerprint density at radius 1 is 0.400 bits per heavy atom. The van der Waals surface area contributed by atoms with E-state index < -0.39 is 7.12 Å². The molecule has 0 fully saturated rings. The molecule has 55 heavy (non-hydrogen) atoms. The van der Waals surface area contributed by atoms with Gasteiger partial charge in [-0.15, -0.1) is 0 Å². The summed E-state index contributed by atoms with van der Waals surface area (Å²) in [5, 5.41) is 23.6. The van der Waals surface area contributed by atoms with Crippen molar-refractivity contribution in [2.75, 3.05) is 9.86 Å². The molecule has 0 radical (unpaired) electrons. The third-order valence-electron chi connectivity index (χ3n) is 8.20. The van der Waals surface area contributed by atoms with Crippen molar-refractivity contribution in [3.05, 3.63) is 197 Å². The second-order valence-electron chi connectivity index (χ2n) is 11.6. The van der Waals surface area contributed by atoms with Gasteiger partial charge in [0.25, 0.3) is 0 Å². The molecule has 0 bridgehead atoms. The molecule has 0 aliphatic heterocycles. The van der Waals surface area contributed by atoms with Gasteiger partial charge in [0.1, 0.15) is 0 Å². The van der Waals surface area contributed by atoms with Gasteiger partial charge < -0.3 is 10.0 Å². The molecule has 0 amide bonds. The smallest absolute Gasteiger partial charge is 0.423 e. The van der Waals surface area contributed by atoms with Gasteiger partial charge in [0.15, 0.2) is 0 Å². The maximum atomic E-state index is 8.63. The minimum Gasteiger partial charge on any atom is -0.423 e. The lowest BCUT2D eigenvalue weighted by Gasteiger charge is -2.07. The van der Waals surface area contributed by atoms with E-state index in [2.05, 4.69) is 195 Å². The van der Waals surface area contributed by atoms with Crippen molar-refractivity contribution in [3.63, 3.8) is 0 Å². The maximum Gasteiger partial charge on any atom is 0.488 e. The fourth-order valence-corrected chi connectivity index (χ4v) is 6.17. The zero-order valence-electron chi connectivity index (χ0n) is 29.7. The van der Waals surface area contributed by atoms with Crippen molar-refractivity contribution in [2.24, 2.45) is 0 Å². The van der Waals surface area contributed by atoms with Crippen molar-refractivity contribution < 1.29 is 10.0 Å². The van der Waals surface area contributed by atoms with Crippen molar-refractivity contribution in [3.8, 4) is 33.4 Å². The first-order chi connectivity index (χ1) is 26.3. The lowest BCUT2D eigenvalue weighted by Crippen LogP contribution is -2.29. The van der Waals surface area contributed by atoms with Gasteiger partial charge in [-0.25, -0.2) is 0 Å².